The molecule has 0 amide bonds. The first kappa shape index (κ1) is 16.6. The second-order valence-electron chi connectivity index (χ2n) is 6.55. The number of hydrogen-bond acceptors (Lipinski definition) is 6. The van der Waals surface area contributed by atoms with Gasteiger partial charge >= 0.3 is 0 Å². The topological polar surface area (TPSA) is 53.5 Å². The van der Waals surface area contributed by atoms with Crippen molar-refractivity contribution >= 4 is 28.2 Å². The van der Waals surface area contributed by atoms with Crippen LogP contribution in [-0.4, -0.2) is 55.2 Å². The van der Waals surface area contributed by atoms with Gasteiger partial charge < -0.3 is 19.9 Å². The summed E-state index contributed by atoms with van der Waals surface area (Å²) in [5.41, 5.74) is 2.96. The van der Waals surface area contributed by atoms with Crippen LogP contribution in [0.4, 0.5) is 17.3 Å². The van der Waals surface area contributed by atoms with E-state index in [2.05, 4.69) is 44.3 Å². The molecule has 1 fully saturated rings. The maximum atomic E-state index is 5.64. The maximum Gasteiger partial charge on any atom is 0.227 e. The van der Waals surface area contributed by atoms with E-state index in [4.69, 9.17) is 4.74 Å². The van der Waals surface area contributed by atoms with Gasteiger partial charge in [-0.05, 0) is 25.2 Å². The lowest BCUT2D eigenvalue weighted by atomic mass is 10.2. The second kappa shape index (κ2) is 7.17. The van der Waals surface area contributed by atoms with E-state index in [0.29, 0.717) is 5.95 Å². The SMILES string of the molecule is COc1cc(Nc2ncc3ccccc3n2)ccc1N1CCN(C)CC1. The Labute approximate surface area is 153 Å². The number of nitrogens with zero attached hydrogens (tertiary/aromatic N) is 4. The number of likely N-dealkylation sites (N-methyl/N-ethyl adjacent to an activating group) is 1. The minimum absolute atomic E-state index is 0.582. The molecule has 3 aromatic rings. The highest BCUT2D eigenvalue weighted by molar-refractivity contribution is 5.79. The predicted octanol–water partition coefficient (Wildman–Crippen LogP) is 3.13. The first-order chi connectivity index (χ1) is 12.7. The quantitative estimate of drug-likeness (QED) is 0.781. The lowest BCUT2D eigenvalue weighted by Gasteiger charge is -2.34. The van der Waals surface area contributed by atoms with E-state index in [-0.39, 0.29) is 0 Å². The van der Waals surface area contributed by atoms with Crippen molar-refractivity contribution in [1.82, 2.24) is 14.9 Å². The normalized spacial score (nSPS) is 15.2. The molecule has 0 spiro atoms. The number of rotatable bonds is 4. The van der Waals surface area contributed by atoms with Gasteiger partial charge in [0.2, 0.25) is 5.95 Å². The molecular formula is C20H23N5O. The Bertz CT molecular complexity index is 906. The fourth-order valence-electron chi connectivity index (χ4n) is 3.23. The lowest BCUT2D eigenvalue weighted by Crippen LogP contribution is -2.44. The summed E-state index contributed by atoms with van der Waals surface area (Å²) in [7, 11) is 3.87. The average Bonchev–Trinajstić information content (AvgIpc) is 2.68. The smallest absolute Gasteiger partial charge is 0.227 e. The van der Waals surface area contributed by atoms with Crippen LogP contribution in [0.1, 0.15) is 0 Å². The van der Waals surface area contributed by atoms with Gasteiger partial charge in [0, 0.05) is 49.5 Å². The van der Waals surface area contributed by atoms with Crippen LogP contribution in [0.25, 0.3) is 10.9 Å². The van der Waals surface area contributed by atoms with Gasteiger partial charge in [0.25, 0.3) is 0 Å². The van der Waals surface area contributed by atoms with Crippen LogP contribution < -0.4 is 15.0 Å². The third-order valence-corrected chi connectivity index (χ3v) is 4.77. The number of nitrogens with one attached hydrogen (secondary N) is 1. The molecule has 1 aromatic heterocycles. The molecule has 26 heavy (non-hydrogen) atoms. The summed E-state index contributed by atoms with van der Waals surface area (Å²) in [6.07, 6.45) is 1.83. The first-order valence-electron chi connectivity index (χ1n) is 8.83. The van der Waals surface area contributed by atoms with E-state index in [0.717, 1.165) is 54.2 Å². The number of methoxy groups -OCH3 is 1. The van der Waals surface area contributed by atoms with Gasteiger partial charge in [-0.1, -0.05) is 18.2 Å². The van der Waals surface area contributed by atoms with Crippen LogP contribution in [0.5, 0.6) is 5.75 Å². The zero-order valence-electron chi connectivity index (χ0n) is 15.1. The highest BCUT2D eigenvalue weighted by Gasteiger charge is 2.18. The van der Waals surface area contributed by atoms with E-state index in [1.165, 1.54) is 0 Å². The number of para-hydroxylation sites is 1. The number of piperazine rings is 1. The van der Waals surface area contributed by atoms with Crippen LogP contribution in [-0.2, 0) is 0 Å². The summed E-state index contributed by atoms with van der Waals surface area (Å²) in [5.74, 6) is 1.44. The van der Waals surface area contributed by atoms with Crippen LogP contribution >= 0.6 is 0 Å². The van der Waals surface area contributed by atoms with Gasteiger partial charge in [-0.15, -0.1) is 0 Å². The highest BCUT2D eigenvalue weighted by atomic mass is 16.5. The molecule has 0 atom stereocenters. The zero-order chi connectivity index (χ0) is 17.9. The van der Waals surface area contributed by atoms with Gasteiger partial charge in [-0.2, -0.15) is 0 Å². The van der Waals surface area contributed by atoms with Gasteiger partial charge in [-0.25, -0.2) is 9.97 Å². The summed E-state index contributed by atoms with van der Waals surface area (Å²) >= 11 is 0. The average molecular weight is 349 g/mol. The highest BCUT2D eigenvalue weighted by Crippen LogP contribution is 2.32. The first-order valence-corrected chi connectivity index (χ1v) is 8.83. The maximum absolute atomic E-state index is 5.64. The van der Waals surface area contributed by atoms with E-state index >= 15 is 0 Å². The number of hydrogen-bond donors (Lipinski definition) is 1. The Hall–Kier alpha value is -2.86. The van der Waals surface area contributed by atoms with Crippen LogP contribution in [0, 0.1) is 0 Å². The summed E-state index contributed by atoms with van der Waals surface area (Å²) < 4.78 is 5.64. The molecule has 1 aliphatic heterocycles. The molecule has 2 aromatic carbocycles. The molecular weight excluding hydrogens is 326 g/mol. The lowest BCUT2D eigenvalue weighted by molar-refractivity contribution is 0.311. The molecule has 1 saturated heterocycles. The van der Waals surface area contributed by atoms with Crippen LogP contribution in [0.3, 0.4) is 0 Å². The van der Waals surface area contributed by atoms with Crippen LogP contribution in [0.15, 0.2) is 48.7 Å². The summed E-state index contributed by atoms with van der Waals surface area (Å²) in [6, 6.07) is 14.1. The van der Waals surface area contributed by atoms with Crippen molar-refractivity contribution in [1.29, 1.82) is 0 Å². The van der Waals surface area contributed by atoms with Gasteiger partial charge in [-0.3, -0.25) is 0 Å². The molecule has 134 valence electrons. The van der Waals surface area contributed by atoms with Gasteiger partial charge in [0.05, 0.1) is 18.3 Å². The van der Waals surface area contributed by atoms with Crippen molar-refractivity contribution in [2.45, 2.75) is 0 Å². The largest absolute Gasteiger partial charge is 0.495 e. The third-order valence-electron chi connectivity index (χ3n) is 4.77. The van der Waals surface area contributed by atoms with E-state index < -0.39 is 0 Å². The summed E-state index contributed by atoms with van der Waals surface area (Å²) in [4.78, 5) is 13.7. The molecule has 6 nitrogen and oxygen atoms in total. The fourth-order valence-corrected chi connectivity index (χ4v) is 3.23. The van der Waals surface area contributed by atoms with E-state index in [1.54, 1.807) is 7.11 Å². The van der Waals surface area contributed by atoms with Crippen molar-refractivity contribution in [2.75, 3.05) is 50.6 Å². The second-order valence-corrected chi connectivity index (χ2v) is 6.55. The number of fused-ring (bicyclic) bond motifs is 1. The van der Waals surface area contributed by atoms with Crippen molar-refractivity contribution in [3.05, 3.63) is 48.7 Å². The Morgan fingerprint density at radius 3 is 2.65 bits per heavy atom. The summed E-state index contributed by atoms with van der Waals surface area (Å²) in [5, 5.41) is 4.31. The minimum atomic E-state index is 0.582. The Balaban J connectivity index is 1.56. The monoisotopic (exact) mass is 349 g/mol. The standard InChI is InChI=1S/C20H23N5O/c1-24-9-11-25(12-10-24)18-8-7-16(13-19(18)26-2)22-20-21-14-15-5-3-4-6-17(15)23-20/h3-8,13-14H,9-12H2,1-2H3,(H,21,22,23). The molecule has 2 heterocycles. The predicted molar refractivity (Wildman–Crippen MR) is 106 cm³/mol. The third kappa shape index (κ3) is 3.41. The summed E-state index contributed by atoms with van der Waals surface area (Å²) in [6.45, 7) is 4.14. The van der Waals surface area contributed by atoms with E-state index in [9.17, 15) is 0 Å². The zero-order valence-corrected chi connectivity index (χ0v) is 15.1. The van der Waals surface area contributed by atoms with Gasteiger partial charge in [0.1, 0.15) is 5.75 Å². The molecule has 0 radical (unpaired) electrons. The number of anilines is 3. The molecule has 0 saturated carbocycles. The molecule has 1 N–H and O–H groups in total. The Morgan fingerprint density at radius 2 is 1.85 bits per heavy atom. The Kier molecular flexibility index (Phi) is 4.58. The fraction of sp³-hybridized carbons (Fsp3) is 0.300. The van der Waals surface area contributed by atoms with Crippen LogP contribution in [0.2, 0.25) is 0 Å². The number of aromatic nitrogens is 2. The molecule has 1 aliphatic rings. The molecule has 0 unspecified atom stereocenters. The molecule has 6 heteroatoms. The minimum Gasteiger partial charge on any atom is -0.495 e. The van der Waals surface area contributed by atoms with Crippen molar-refractivity contribution in [3.63, 3.8) is 0 Å². The molecule has 4 rings (SSSR count). The molecule has 0 bridgehead atoms. The van der Waals surface area contributed by atoms with Gasteiger partial charge in [0.15, 0.2) is 0 Å². The number of ether oxygens (including phenoxy) is 1. The molecule has 0 aliphatic carbocycles. The number of benzene rings is 2. The van der Waals surface area contributed by atoms with Crippen molar-refractivity contribution in [3.8, 4) is 5.75 Å². The van der Waals surface area contributed by atoms with Crippen molar-refractivity contribution in [2.24, 2.45) is 0 Å². The Morgan fingerprint density at radius 1 is 1.04 bits per heavy atom. The van der Waals surface area contributed by atoms with Crippen molar-refractivity contribution < 1.29 is 4.74 Å². The van der Waals surface area contributed by atoms with E-state index in [1.807, 2.05) is 36.5 Å².